The molecule has 3 N–H and O–H groups in total. The molecule has 0 saturated heterocycles. The van der Waals surface area contributed by atoms with Crippen molar-refractivity contribution in [3.63, 3.8) is 0 Å². The van der Waals surface area contributed by atoms with Crippen molar-refractivity contribution >= 4 is 0 Å². The maximum Gasteiger partial charge on any atom is 0.0911 e. The number of aromatic nitrogens is 3. The van der Waals surface area contributed by atoms with Crippen LogP contribution >= 0.6 is 0 Å². The second-order valence-corrected chi connectivity index (χ2v) is 4.95. The standard InChI is InChI=1S/C10H21N5O/c1-10(2,3)9(16-5)8(13-11)7-6-12-14-15(7)4/h6,8-9,13H,11H2,1-5H3. The highest BCUT2D eigenvalue weighted by Gasteiger charge is 2.34. The third-order valence-corrected chi connectivity index (χ3v) is 2.66. The Labute approximate surface area is 96.1 Å². The maximum absolute atomic E-state index is 5.61. The summed E-state index contributed by atoms with van der Waals surface area (Å²) in [5, 5.41) is 7.75. The normalized spacial score (nSPS) is 16.1. The largest absolute Gasteiger partial charge is 0.379 e. The zero-order valence-corrected chi connectivity index (χ0v) is 10.6. The lowest BCUT2D eigenvalue weighted by atomic mass is 9.83. The number of aryl methyl sites for hydroxylation is 1. The zero-order chi connectivity index (χ0) is 12.3. The predicted molar refractivity (Wildman–Crippen MR) is 61.3 cm³/mol. The van der Waals surface area contributed by atoms with E-state index < -0.39 is 0 Å². The molecule has 1 aromatic heterocycles. The predicted octanol–water partition coefficient (Wildman–Crippen LogP) is 0.381. The maximum atomic E-state index is 5.61. The summed E-state index contributed by atoms with van der Waals surface area (Å²) < 4.78 is 7.23. The van der Waals surface area contributed by atoms with Crippen LogP contribution in [0.1, 0.15) is 32.5 Å². The Morgan fingerprint density at radius 1 is 1.50 bits per heavy atom. The summed E-state index contributed by atoms with van der Waals surface area (Å²) in [6.07, 6.45) is 1.64. The van der Waals surface area contributed by atoms with Crippen molar-refractivity contribution in [2.75, 3.05) is 7.11 Å². The topological polar surface area (TPSA) is 78.0 Å². The molecule has 1 heterocycles. The molecule has 2 atom stereocenters. The summed E-state index contributed by atoms with van der Waals surface area (Å²) >= 11 is 0. The first-order chi connectivity index (χ1) is 7.41. The van der Waals surface area contributed by atoms with Crippen LogP contribution in [0.4, 0.5) is 0 Å². The quantitative estimate of drug-likeness (QED) is 0.574. The molecule has 0 amide bonds. The van der Waals surface area contributed by atoms with Crippen molar-refractivity contribution < 1.29 is 4.74 Å². The van der Waals surface area contributed by atoms with Gasteiger partial charge in [0.25, 0.3) is 0 Å². The minimum atomic E-state index is -0.134. The molecule has 1 rings (SSSR count). The fourth-order valence-corrected chi connectivity index (χ4v) is 1.90. The van der Waals surface area contributed by atoms with Crippen LogP contribution in [0.3, 0.4) is 0 Å². The molecule has 92 valence electrons. The van der Waals surface area contributed by atoms with Crippen LogP contribution in [0.15, 0.2) is 6.20 Å². The first kappa shape index (κ1) is 13.1. The van der Waals surface area contributed by atoms with Gasteiger partial charge in [-0.05, 0) is 5.41 Å². The van der Waals surface area contributed by atoms with Crippen molar-refractivity contribution in [1.82, 2.24) is 20.4 Å². The number of hydrazine groups is 1. The number of hydrogen-bond donors (Lipinski definition) is 2. The van der Waals surface area contributed by atoms with Crippen LogP contribution in [-0.2, 0) is 11.8 Å². The Kier molecular flexibility index (Phi) is 4.01. The van der Waals surface area contributed by atoms with Crippen molar-refractivity contribution in [2.45, 2.75) is 32.9 Å². The van der Waals surface area contributed by atoms with Gasteiger partial charge in [-0.3, -0.25) is 10.5 Å². The number of nitrogens with two attached hydrogens (primary N) is 1. The van der Waals surface area contributed by atoms with Crippen molar-refractivity contribution in [3.8, 4) is 0 Å². The van der Waals surface area contributed by atoms with Gasteiger partial charge < -0.3 is 4.74 Å². The van der Waals surface area contributed by atoms with Crippen LogP contribution in [0.5, 0.6) is 0 Å². The molecule has 2 unspecified atom stereocenters. The van der Waals surface area contributed by atoms with Gasteiger partial charge >= 0.3 is 0 Å². The van der Waals surface area contributed by atoms with Gasteiger partial charge in [0.2, 0.25) is 0 Å². The lowest BCUT2D eigenvalue weighted by Crippen LogP contribution is -2.44. The summed E-state index contributed by atoms with van der Waals surface area (Å²) in [5.41, 5.74) is 3.65. The molecule has 0 aliphatic rings. The Hall–Kier alpha value is -0.980. The van der Waals surface area contributed by atoms with Gasteiger partial charge in [-0.2, -0.15) is 0 Å². The molecule has 16 heavy (non-hydrogen) atoms. The minimum Gasteiger partial charge on any atom is -0.379 e. The Bertz CT molecular complexity index is 330. The fraction of sp³-hybridized carbons (Fsp3) is 0.800. The van der Waals surface area contributed by atoms with E-state index in [2.05, 4.69) is 36.5 Å². The molecular weight excluding hydrogens is 206 g/mol. The van der Waals surface area contributed by atoms with Gasteiger partial charge in [0.15, 0.2) is 0 Å². The average molecular weight is 227 g/mol. The van der Waals surface area contributed by atoms with Crippen LogP contribution in [0, 0.1) is 5.41 Å². The molecule has 0 fully saturated rings. The first-order valence-electron chi connectivity index (χ1n) is 5.25. The summed E-state index contributed by atoms with van der Waals surface area (Å²) in [5.74, 6) is 5.61. The Morgan fingerprint density at radius 3 is 2.44 bits per heavy atom. The van der Waals surface area contributed by atoms with Crippen LogP contribution in [-0.4, -0.2) is 28.2 Å². The van der Waals surface area contributed by atoms with Crippen molar-refractivity contribution in [3.05, 3.63) is 11.9 Å². The van der Waals surface area contributed by atoms with E-state index in [1.165, 1.54) is 0 Å². The van der Waals surface area contributed by atoms with E-state index in [0.29, 0.717) is 0 Å². The molecule has 0 aliphatic carbocycles. The average Bonchev–Trinajstić information content (AvgIpc) is 2.58. The lowest BCUT2D eigenvalue weighted by molar-refractivity contribution is -0.0139. The molecule has 0 aromatic carbocycles. The van der Waals surface area contributed by atoms with Gasteiger partial charge in [-0.25, -0.2) is 5.43 Å². The van der Waals surface area contributed by atoms with Gasteiger partial charge in [0.1, 0.15) is 0 Å². The second kappa shape index (κ2) is 4.90. The zero-order valence-electron chi connectivity index (χ0n) is 10.6. The van der Waals surface area contributed by atoms with Gasteiger partial charge in [0, 0.05) is 14.2 Å². The summed E-state index contributed by atoms with van der Waals surface area (Å²) in [7, 11) is 3.52. The van der Waals surface area contributed by atoms with E-state index in [-0.39, 0.29) is 17.6 Å². The van der Waals surface area contributed by atoms with Crippen LogP contribution < -0.4 is 11.3 Å². The summed E-state index contributed by atoms with van der Waals surface area (Å²) in [4.78, 5) is 0. The molecule has 0 spiro atoms. The van der Waals surface area contributed by atoms with E-state index in [0.717, 1.165) is 5.69 Å². The molecule has 0 aliphatic heterocycles. The Balaban J connectivity index is 3.02. The highest BCUT2D eigenvalue weighted by atomic mass is 16.5. The summed E-state index contributed by atoms with van der Waals surface area (Å²) in [6.45, 7) is 6.32. The van der Waals surface area contributed by atoms with E-state index in [1.54, 1.807) is 18.0 Å². The molecule has 0 radical (unpaired) electrons. The van der Waals surface area contributed by atoms with E-state index in [1.807, 2.05) is 7.05 Å². The van der Waals surface area contributed by atoms with Crippen LogP contribution in [0.2, 0.25) is 0 Å². The third-order valence-electron chi connectivity index (χ3n) is 2.66. The smallest absolute Gasteiger partial charge is 0.0911 e. The SMILES string of the molecule is COC(C(NN)c1cnnn1C)C(C)(C)C. The van der Waals surface area contributed by atoms with Gasteiger partial charge in [0.05, 0.1) is 24.0 Å². The monoisotopic (exact) mass is 227 g/mol. The molecule has 1 aromatic rings. The minimum absolute atomic E-state index is 0.0317. The lowest BCUT2D eigenvalue weighted by Gasteiger charge is -2.35. The number of nitrogens with one attached hydrogen (secondary N) is 1. The molecule has 6 heteroatoms. The first-order valence-corrected chi connectivity index (χ1v) is 5.25. The molecule has 6 nitrogen and oxygen atoms in total. The van der Waals surface area contributed by atoms with Gasteiger partial charge in [-0.15, -0.1) is 5.10 Å². The van der Waals surface area contributed by atoms with Crippen molar-refractivity contribution in [1.29, 1.82) is 0 Å². The molecule has 0 bridgehead atoms. The molecular formula is C10H21N5O. The van der Waals surface area contributed by atoms with Gasteiger partial charge in [-0.1, -0.05) is 26.0 Å². The number of ether oxygens (including phenoxy) is 1. The van der Waals surface area contributed by atoms with Crippen LogP contribution in [0.25, 0.3) is 0 Å². The molecule has 0 saturated carbocycles. The number of hydrogen-bond acceptors (Lipinski definition) is 5. The number of methoxy groups -OCH3 is 1. The second-order valence-electron chi connectivity index (χ2n) is 4.95. The van der Waals surface area contributed by atoms with E-state index in [4.69, 9.17) is 10.6 Å². The Morgan fingerprint density at radius 2 is 2.12 bits per heavy atom. The van der Waals surface area contributed by atoms with Crippen molar-refractivity contribution in [2.24, 2.45) is 18.3 Å². The third kappa shape index (κ3) is 2.58. The number of nitrogens with zero attached hydrogens (tertiary/aromatic N) is 3. The summed E-state index contributed by atoms with van der Waals surface area (Å²) in [6, 6.07) is -0.134. The number of rotatable bonds is 4. The highest BCUT2D eigenvalue weighted by molar-refractivity contribution is 5.06. The fourth-order valence-electron chi connectivity index (χ4n) is 1.90. The van der Waals surface area contributed by atoms with E-state index in [9.17, 15) is 0 Å². The highest BCUT2D eigenvalue weighted by Crippen LogP contribution is 2.31. The van der Waals surface area contributed by atoms with E-state index >= 15 is 0 Å².